The van der Waals surface area contributed by atoms with Crippen LogP contribution in [0.4, 0.5) is 4.79 Å². The van der Waals surface area contributed by atoms with Gasteiger partial charge in [-0.1, -0.05) is 94.8 Å². The molecule has 0 radical (unpaired) electrons. The van der Waals surface area contributed by atoms with E-state index in [0.717, 1.165) is 35.5 Å². The largest absolute Gasteiger partial charge is 0.465 e. The third-order valence-electron chi connectivity index (χ3n) is 6.10. The molecule has 182 valence electrons. The molecular formula is C28H38N4O2. The Balaban J connectivity index is 2.07. The van der Waals surface area contributed by atoms with E-state index in [0.29, 0.717) is 19.5 Å². The Labute approximate surface area is 203 Å². The Kier molecular flexibility index (Phi) is 8.51. The minimum atomic E-state index is -0.945. The van der Waals surface area contributed by atoms with Crippen molar-refractivity contribution in [1.29, 1.82) is 0 Å². The smallest absolute Gasteiger partial charge is 0.407 e. The summed E-state index contributed by atoms with van der Waals surface area (Å²) in [6.07, 6.45) is 3.59. The van der Waals surface area contributed by atoms with E-state index in [1.807, 2.05) is 54.7 Å². The Hall–Kier alpha value is -3.12. The van der Waals surface area contributed by atoms with Crippen LogP contribution in [0.5, 0.6) is 0 Å². The van der Waals surface area contributed by atoms with Crippen LogP contribution in [0.3, 0.4) is 0 Å². The first-order chi connectivity index (χ1) is 16.2. The molecule has 34 heavy (non-hydrogen) atoms. The SMILES string of the molecule is CCCC(N)CCN(C(=O)O)[C@@H](c1nc(-c2ccccc2)cn1Cc1ccccc1)C(C)(C)C. The van der Waals surface area contributed by atoms with Gasteiger partial charge in [0, 0.05) is 30.9 Å². The molecule has 1 unspecified atom stereocenters. The van der Waals surface area contributed by atoms with Gasteiger partial charge in [-0.15, -0.1) is 0 Å². The van der Waals surface area contributed by atoms with E-state index in [1.165, 1.54) is 4.90 Å². The second kappa shape index (κ2) is 11.3. The van der Waals surface area contributed by atoms with E-state index in [4.69, 9.17) is 10.7 Å². The maximum absolute atomic E-state index is 12.5. The van der Waals surface area contributed by atoms with E-state index >= 15 is 0 Å². The van der Waals surface area contributed by atoms with Gasteiger partial charge in [-0.2, -0.15) is 0 Å². The lowest BCUT2D eigenvalue weighted by Gasteiger charge is -2.38. The molecule has 0 aliphatic carbocycles. The molecule has 0 saturated carbocycles. The first-order valence-corrected chi connectivity index (χ1v) is 12.1. The second-order valence-electron chi connectivity index (χ2n) is 10.0. The van der Waals surface area contributed by atoms with Gasteiger partial charge < -0.3 is 15.4 Å². The van der Waals surface area contributed by atoms with Crippen molar-refractivity contribution in [1.82, 2.24) is 14.5 Å². The zero-order valence-electron chi connectivity index (χ0n) is 20.8. The zero-order valence-corrected chi connectivity index (χ0v) is 20.8. The zero-order chi connectivity index (χ0) is 24.7. The molecule has 0 bridgehead atoms. The molecule has 2 aromatic carbocycles. The van der Waals surface area contributed by atoms with Crippen molar-refractivity contribution in [3.05, 3.63) is 78.2 Å². The molecule has 3 rings (SSSR count). The number of hydrogen-bond acceptors (Lipinski definition) is 3. The highest BCUT2D eigenvalue weighted by molar-refractivity contribution is 5.66. The van der Waals surface area contributed by atoms with E-state index in [2.05, 4.69) is 44.4 Å². The quantitative estimate of drug-likeness (QED) is 0.377. The molecule has 1 amide bonds. The second-order valence-corrected chi connectivity index (χ2v) is 10.0. The normalized spacial score (nSPS) is 13.4. The van der Waals surface area contributed by atoms with Crippen molar-refractivity contribution in [2.24, 2.45) is 11.1 Å². The van der Waals surface area contributed by atoms with Crippen LogP contribution in [0, 0.1) is 5.41 Å². The molecule has 0 spiro atoms. The molecule has 0 aliphatic rings. The Bertz CT molecular complexity index is 1040. The fourth-order valence-electron chi connectivity index (χ4n) is 4.45. The number of carbonyl (C=O) groups is 1. The van der Waals surface area contributed by atoms with Crippen molar-refractivity contribution >= 4 is 6.09 Å². The molecule has 3 N–H and O–H groups in total. The van der Waals surface area contributed by atoms with Crippen LogP contribution < -0.4 is 5.73 Å². The lowest BCUT2D eigenvalue weighted by molar-refractivity contribution is 0.0737. The fraction of sp³-hybridized carbons (Fsp3) is 0.429. The van der Waals surface area contributed by atoms with Gasteiger partial charge in [0.05, 0.1) is 11.7 Å². The maximum atomic E-state index is 12.5. The number of hydrogen-bond donors (Lipinski definition) is 2. The lowest BCUT2D eigenvalue weighted by atomic mass is 9.84. The highest BCUT2D eigenvalue weighted by Gasteiger charge is 2.38. The van der Waals surface area contributed by atoms with Crippen molar-refractivity contribution in [3.8, 4) is 11.3 Å². The standard InChI is InChI=1S/C28H38N4O2/c1-5-12-23(29)17-18-32(27(33)34)25(28(2,3)4)26-30-24(22-15-10-7-11-16-22)20-31(26)19-21-13-8-6-9-14-21/h6-11,13-16,20,23,25H,5,12,17-19,29H2,1-4H3,(H,33,34)/t23?,25-/m0/s1. The summed E-state index contributed by atoms with van der Waals surface area (Å²) in [6, 6.07) is 19.8. The van der Waals surface area contributed by atoms with E-state index in [-0.39, 0.29) is 11.5 Å². The molecule has 6 nitrogen and oxygen atoms in total. The van der Waals surface area contributed by atoms with Gasteiger partial charge in [-0.25, -0.2) is 9.78 Å². The lowest BCUT2D eigenvalue weighted by Crippen LogP contribution is -2.43. The number of aromatic nitrogens is 2. The average molecular weight is 463 g/mol. The van der Waals surface area contributed by atoms with Crippen LogP contribution in [0.2, 0.25) is 0 Å². The minimum absolute atomic E-state index is 0.0172. The predicted molar refractivity (Wildman–Crippen MR) is 138 cm³/mol. The number of amides is 1. The highest BCUT2D eigenvalue weighted by atomic mass is 16.4. The van der Waals surface area contributed by atoms with Crippen LogP contribution in [-0.4, -0.2) is 38.2 Å². The molecule has 0 saturated heterocycles. The van der Waals surface area contributed by atoms with Crippen LogP contribution in [-0.2, 0) is 6.54 Å². The third kappa shape index (κ3) is 6.48. The number of rotatable bonds is 10. The average Bonchev–Trinajstić information content (AvgIpc) is 3.19. The highest BCUT2D eigenvalue weighted by Crippen LogP contribution is 2.39. The van der Waals surface area contributed by atoms with Gasteiger partial charge in [0.15, 0.2) is 0 Å². The minimum Gasteiger partial charge on any atom is -0.465 e. The number of imidazole rings is 1. The van der Waals surface area contributed by atoms with E-state index in [1.54, 1.807) is 0 Å². The van der Waals surface area contributed by atoms with Crippen LogP contribution >= 0.6 is 0 Å². The Morgan fingerprint density at radius 3 is 2.24 bits per heavy atom. The molecule has 3 aromatic rings. The summed E-state index contributed by atoms with van der Waals surface area (Å²) >= 11 is 0. The molecule has 0 fully saturated rings. The van der Waals surface area contributed by atoms with Crippen molar-refractivity contribution in [2.45, 2.75) is 65.6 Å². The van der Waals surface area contributed by atoms with Crippen molar-refractivity contribution < 1.29 is 9.90 Å². The van der Waals surface area contributed by atoms with E-state index < -0.39 is 12.1 Å². The molecule has 2 atom stereocenters. The van der Waals surface area contributed by atoms with Crippen molar-refractivity contribution in [3.63, 3.8) is 0 Å². The number of nitrogens with two attached hydrogens (primary N) is 1. The first kappa shape index (κ1) is 25.5. The summed E-state index contributed by atoms with van der Waals surface area (Å²) in [4.78, 5) is 19.1. The maximum Gasteiger partial charge on any atom is 0.407 e. The molecule has 1 aromatic heterocycles. The van der Waals surface area contributed by atoms with Gasteiger partial charge in [0.2, 0.25) is 0 Å². The summed E-state index contributed by atoms with van der Waals surface area (Å²) in [6.45, 7) is 9.30. The van der Waals surface area contributed by atoms with Crippen LogP contribution in [0.15, 0.2) is 66.9 Å². The molecule has 6 heteroatoms. The van der Waals surface area contributed by atoms with Gasteiger partial charge in [-0.05, 0) is 23.8 Å². The topological polar surface area (TPSA) is 84.4 Å². The Morgan fingerprint density at radius 1 is 1.06 bits per heavy atom. The number of carboxylic acid groups (broad SMARTS) is 1. The predicted octanol–water partition coefficient (Wildman–Crippen LogP) is 6.18. The molecular weight excluding hydrogens is 424 g/mol. The van der Waals surface area contributed by atoms with E-state index in [9.17, 15) is 9.90 Å². The van der Waals surface area contributed by atoms with Crippen molar-refractivity contribution in [2.75, 3.05) is 6.54 Å². The van der Waals surface area contributed by atoms with Gasteiger partial charge in [-0.3, -0.25) is 4.90 Å². The Morgan fingerprint density at radius 2 is 1.68 bits per heavy atom. The van der Waals surface area contributed by atoms with Gasteiger partial charge in [0.25, 0.3) is 0 Å². The van der Waals surface area contributed by atoms with Gasteiger partial charge >= 0.3 is 6.09 Å². The number of benzene rings is 2. The fourth-order valence-corrected chi connectivity index (χ4v) is 4.45. The molecule has 1 heterocycles. The number of nitrogens with zero attached hydrogens (tertiary/aromatic N) is 3. The monoisotopic (exact) mass is 462 g/mol. The summed E-state index contributed by atoms with van der Waals surface area (Å²) in [5.74, 6) is 0.752. The molecule has 0 aliphatic heterocycles. The third-order valence-corrected chi connectivity index (χ3v) is 6.10. The van der Waals surface area contributed by atoms with Crippen LogP contribution in [0.1, 0.15) is 64.4 Å². The van der Waals surface area contributed by atoms with Crippen LogP contribution in [0.25, 0.3) is 11.3 Å². The first-order valence-electron chi connectivity index (χ1n) is 12.1. The summed E-state index contributed by atoms with van der Waals surface area (Å²) in [7, 11) is 0. The van der Waals surface area contributed by atoms with Gasteiger partial charge in [0.1, 0.15) is 5.82 Å². The summed E-state index contributed by atoms with van der Waals surface area (Å²) < 4.78 is 2.11. The summed E-state index contributed by atoms with van der Waals surface area (Å²) in [5.41, 5.74) is 8.87. The summed E-state index contributed by atoms with van der Waals surface area (Å²) in [5, 5.41) is 10.3.